The molecule has 1 heterocycles. The fourth-order valence-electron chi connectivity index (χ4n) is 2.33. The van der Waals surface area contributed by atoms with E-state index in [4.69, 9.17) is 4.42 Å². The first kappa shape index (κ1) is 13.8. The third kappa shape index (κ3) is 4.54. The molecule has 0 unspecified atom stereocenters. The van der Waals surface area contributed by atoms with Crippen LogP contribution < -0.4 is 5.32 Å². The second kappa shape index (κ2) is 7.70. The molecule has 0 bridgehead atoms. The first-order valence-electron chi connectivity index (χ1n) is 6.83. The molecule has 1 N–H and O–H groups in total. The van der Waals surface area contributed by atoms with Crippen LogP contribution in [0, 0.1) is 0 Å². The van der Waals surface area contributed by atoms with Crippen LogP contribution in [0.5, 0.6) is 0 Å². The average molecular weight is 265 g/mol. The molecule has 0 aromatic carbocycles. The van der Waals surface area contributed by atoms with Gasteiger partial charge in [-0.15, -0.1) is 0 Å². The number of hydrogen-bond acceptors (Lipinski definition) is 3. The molecule has 100 valence electrons. The van der Waals surface area contributed by atoms with E-state index in [-0.39, 0.29) is 0 Å². The minimum atomic E-state index is 0.849. The van der Waals surface area contributed by atoms with Crippen LogP contribution in [-0.2, 0) is 12.3 Å². The van der Waals surface area contributed by atoms with E-state index in [1.54, 1.807) is 17.3 Å². The summed E-state index contributed by atoms with van der Waals surface area (Å²) < 4.78 is 5.72. The van der Waals surface area contributed by atoms with Crippen LogP contribution in [0.15, 0.2) is 28.2 Å². The van der Waals surface area contributed by atoms with Crippen molar-refractivity contribution in [2.24, 2.45) is 0 Å². The van der Waals surface area contributed by atoms with Crippen LogP contribution in [-0.4, -0.2) is 12.8 Å². The Morgan fingerprint density at radius 3 is 2.94 bits per heavy atom. The van der Waals surface area contributed by atoms with Gasteiger partial charge in [0.15, 0.2) is 0 Å². The number of hydrogen-bond donors (Lipinski definition) is 1. The summed E-state index contributed by atoms with van der Waals surface area (Å²) in [6.45, 7) is 1.91. The van der Waals surface area contributed by atoms with Gasteiger partial charge in [-0.1, -0.05) is 11.6 Å². The smallest absolute Gasteiger partial charge is 0.117 e. The van der Waals surface area contributed by atoms with E-state index >= 15 is 0 Å². The fraction of sp³-hybridized carbons (Fsp3) is 0.600. The number of thioether (sulfide) groups is 1. The molecule has 0 spiro atoms. The summed E-state index contributed by atoms with van der Waals surface area (Å²) in [7, 11) is 0. The molecule has 18 heavy (non-hydrogen) atoms. The molecule has 0 amide bonds. The van der Waals surface area contributed by atoms with Gasteiger partial charge in [-0.25, -0.2) is 0 Å². The topological polar surface area (TPSA) is 25.2 Å². The Morgan fingerprint density at radius 1 is 1.28 bits per heavy atom. The lowest BCUT2D eigenvalue weighted by Gasteiger charge is -2.12. The summed E-state index contributed by atoms with van der Waals surface area (Å²) >= 11 is 1.79. The zero-order chi connectivity index (χ0) is 12.6. The molecule has 0 saturated heterocycles. The van der Waals surface area contributed by atoms with Crippen LogP contribution in [0.25, 0.3) is 0 Å². The molecule has 1 aliphatic rings. The predicted molar refractivity (Wildman–Crippen MR) is 78.8 cm³/mol. The van der Waals surface area contributed by atoms with Crippen LogP contribution in [0.1, 0.15) is 43.6 Å². The molecule has 0 radical (unpaired) electrons. The first-order chi connectivity index (χ1) is 8.88. The average Bonchev–Trinajstić information content (AvgIpc) is 2.84. The monoisotopic (exact) mass is 265 g/mol. The number of allylic oxidation sites excluding steroid dienone is 1. The van der Waals surface area contributed by atoms with Crippen molar-refractivity contribution in [1.82, 2.24) is 5.32 Å². The van der Waals surface area contributed by atoms with E-state index in [2.05, 4.69) is 29.8 Å². The lowest BCUT2D eigenvalue weighted by atomic mass is 9.97. The van der Waals surface area contributed by atoms with E-state index in [1.807, 2.05) is 0 Å². The van der Waals surface area contributed by atoms with Gasteiger partial charge in [0.1, 0.15) is 11.5 Å². The molecule has 0 fully saturated rings. The van der Waals surface area contributed by atoms with Gasteiger partial charge in [0.25, 0.3) is 0 Å². The Kier molecular flexibility index (Phi) is 5.88. The van der Waals surface area contributed by atoms with Gasteiger partial charge < -0.3 is 9.73 Å². The van der Waals surface area contributed by atoms with Crippen LogP contribution in [0.3, 0.4) is 0 Å². The van der Waals surface area contributed by atoms with Crippen LogP contribution in [0.2, 0.25) is 0 Å². The third-order valence-electron chi connectivity index (χ3n) is 3.31. The maximum Gasteiger partial charge on any atom is 0.117 e. The molecule has 0 saturated carbocycles. The second-order valence-electron chi connectivity index (χ2n) is 4.84. The minimum absolute atomic E-state index is 0.849. The molecule has 1 aliphatic carbocycles. The lowest BCUT2D eigenvalue weighted by Crippen LogP contribution is -2.15. The Morgan fingerprint density at radius 2 is 2.17 bits per heavy atom. The highest BCUT2D eigenvalue weighted by Gasteiger charge is 2.04. The van der Waals surface area contributed by atoms with Crippen molar-refractivity contribution in [2.75, 3.05) is 12.8 Å². The largest absolute Gasteiger partial charge is 0.464 e. The summed E-state index contributed by atoms with van der Waals surface area (Å²) in [6, 6.07) is 4.16. The molecule has 0 aliphatic heterocycles. The number of furan rings is 1. The molecule has 2 nitrogen and oxygen atoms in total. The maximum absolute atomic E-state index is 5.72. The Balaban J connectivity index is 1.63. The van der Waals surface area contributed by atoms with E-state index in [0.29, 0.717) is 0 Å². The van der Waals surface area contributed by atoms with E-state index < -0.39 is 0 Å². The molecule has 1 aromatic heterocycles. The van der Waals surface area contributed by atoms with Crippen LogP contribution >= 0.6 is 11.8 Å². The maximum atomic E-state index is 5.72. The minimum Gasteiger partial charge on any atom is -0.464 e. The van der Waals surface area contributed by atoms with Gasteiger partial charge in [-0.05, 0) is 57.0 Å². The van der Waals surface area contributed by atoms with E-state index in [9.17, 15) is 0 Å². The Hall–Kier alpha value is -0.670. The summed E-state index contributed by atoms with van der Waals surface area (Å²) in [5, 5.41) is 3.46. The van der Waals surface area contributed by atoms with Crippen molar-refractivity contribution in [3.63, 3.8) is 0 Å². The van der Waals surface area contributed by atoms with Crippen molar-refractivity contribution in [2.45, 2.75) is 44.4 Å². The predicted octanol–water partition coefficient (Wildman–Crippen LogP) is 4.12. The SMILES string of the molecule is CSCc1ccc(CNCCC2=CCCCC2)o1. The molecule has 1 aromatic rings. The highest BCUT2D eigenvalue weighted by atomic mass is 32.2. The van der Waals surface area contributed by atoms with Gasteiger partial charge in [-0.3, -0.25) is 0 Å². The quantitative estimate of drug-likeness (QED) is 0.593. The molecular weight excluding hydrogens is 242 g/mol. The third-order valence-corrected chi connectivity index (χ3v) is 3.88. The summed E-state index contributed by atoms with van der Waals surface area (Å²) in [5.74, 6) is 3.10. The van der Waals surface area contributed by atoms with Crippen molar-refractivity contribution < 1.29 is 4.42 Å². The zero-order valence-electron chi connectivity index (χ0n) is 11.2. The van der Waals surface area contributed by atoms with Gasteiger partial charge in [0.2, 0.25) is 0 Å². The van der Waals surface area contributed by atoms with Gasteiger partial charge in [0.05, 0.1) is 12.3 Å². The second-order valence-corrected chi connectivity index (χ2v) is 5.70. The molecular formula is C15H23NOS. The summed E-state index contributed by atoms with van der Waals surface area (Å²) in [5.41, 5.74) is 1.64. The Bertz CT molecular complexity index is 384. The van der Waals surface area contributed by atoms with Gasteiger partial charge in [-0.2, -0.15) is 11.8 Å². The van der Waals surface area contributed by atoms with Crippen molar-refractivity contribution in [3.05, 3.63) is 35.3 Å². The van der Waals surface area contributed by atoms with Gasteiger partial charge in [0, 0.05) is 0 Å². The Labute approximate surface area is 114 Å². The van der Waals surface area contributed by atoms with Crippen molar-refractivity contribution in [1.29, 1.82) is 0 Å². The van der Waals surface area contributed by atoms with E-state index in [0.717, 1.165) is 30.4 Å². The normalized spacial score (nSPS) is 15.7. The molecule has 0 atom stereocenters. The van der Waals surface area contributed by atoms with Crippen molar-refractivity contribution >= 4 is 11.8 Å². The number of nitrogens with one attached hydrogen (secondary N) is 1. The number of rotatable bonds is 7. The van der Waals surface area contributed by atoms with Crippen molar-refractivity contribution in [3.8, 4) is 0 Å². The van der Waals surface area contributed by atoms with Crippen LogP contribution in [0.4, 0.5) is 0 Å². The zero-order valence-corrected chi connectivity index (χ0v) is 12.0. The standard InChI is InChI=1S/C15H23NOS/c1-18-12-15-8-7-14(17-15)11-16-10-9-13-5-3-2-4-6-13/h5,7-8,16H,2-4,6,9-12H2,1H3. The summed E-state index contributed by atoms with van der Waals surface area (Å²) in [6.07, 6.45) is 11.1. The highest BCUT2D eigenvalue weighted by molar-refractivity contribution is 7.97. The fourth-order valence-corrected chi connectivity index (χ4v) is 2.77. The summed E-state index contributed by atoms with van der Waals surface area (Å²) in [4.78, 5) is 0. The first-order valence-corrected chi connectivity index (χ1v) is 8.23. The van der Waals surface area contributed by atoms with Gasteiger partial charge >= 0.3 is 0 Å². The molecule has 2 rings (SSSR count). The molecule has 3 heteroatoms. The lowest BCUT2D eigenvalue weighted by molar-refractivity contribution is 0.459. The highest BCUT2D eigenvalue weighted by Crippen LogP contribution is 2.19. The van der Waals surface area contributed by atoms with E-state index in [1.165, 1.54) is 32.1 Å².